The topological polar surface area (TPSA) is 115 Å². The number of hydrogen-bond acceptors (Lipinski definition) is 7. The molecule has 2 amide bonds. The van der Waals surface area contributed by atoms with E-state index in [2.05, 4.69) is 10.3 Å². The number of nitrogens with zero attached hydrogens (tertiary/aromatic N) is 4. The molecule has 0 radical (unpaired) electrons. The molecule has 0 spiro atoms. The molecule has 0 aromatic heterocycles. The van der Waals surface area contributed by atoms with Crippen molar-refractivity contribution in [2.24, 2.45) is 10.7 Å². The van der Waals surface area contributed by atoms with Gasteiger partial charge >= 0.3 is 6.18 Å². The van der Waals surface area contributed by atoms with Gasteiger partial charge in [-0.2, -0.15) is 13.2 Å². The molecule has 1 heterocycles. The summed E-state index contributed by atoms with van der Waals surface area (Å²) in [6.07, 6.45) is -4.00. The van der Waals surface area contributed by atoms with Crippen LogP contribution in [-0.4, -0.2) is 84.7 Å². The van der Waals surface area contributed by atoms with E-state index in [-0.39, 0.29) is 47.7 Å². The van der Waals surface area contributed by atoms with E-state index in [1.54, 1.807) is 14.1 Å². The molecule has 0 bridgehead atoms. The smallest absolute Gasteiger partial charge is 0.416 e. The van der Waals surface area contributed by atoms with E-state index in [0.29, 0.717) is 36.5 Å². The van der Waals surface area contributed by atoms with Gasteiger partial charge in [0, 0.05) is 64.6 Å². The van der Waals surface area contributed by atoms with Gasteiger partial charge in [0.25, 0.3) is 11.8 Å². The summed E-state index contributed by atoms with van der Waals surface area (Å²) in [5, 5.41) is 13.1. The first-order valence-corrected chi connectivity index (χ1v) is 12.3. The molecule has 0 saturated carbocycles. The van der Waals surface area contributed by atoms with E-state index in [4.69, 9.17) is 17.3 Å². The van der Waals surface area contributed by atoms with Gasteiger partial charge in [0.1, 0.15) is 11.4 Å². The van der Waals surface area contributed by atoms with Crippen molar-refractivity contribution in [2.75, 3.05) is 47.3 Å². The maximum Gasteiger partial charge on any atom is 0.416 e. The van der Waals surface area contributed by atoms with Crippen LogP contribution in [-0.2, 0) is 22.3 Å². The van der Waals surface area contributed by atoms with Crippen molar-refractivity contribution in [2.45, 2.75) is 33.0 Å². The normalized spacial score (nSPS) is 16.1. The van der Waals surface area contributed by atoms with E-state index < -0.39 is 17.6 Å². The number of aliphatic hydroxyl groups is 1. The second kappa shape index (κ2) is 12.9. The molecule has 13 heteroatoms. The van der Waals surface area contributed by atoms with Crippen molar-refractivity contribution in [3.8, 4) is 0 Å². The lowest BCUT2D eigenvalue weighted by atomic mass is 10.1. The molecular weight excluding hydrogens is 525 g/mol. The molecule has 0 atom stereocenters. The van der Waals surface area contributed by atoms with Crippen LogP contribution in [0.15, 0.2) is 46.0 Å². The molecule has 1 saturated heterocycles. The van der Waals surface area contributed by atoms with Crippen LogP contribution in [0.25, 0.3) is 0 Å². The number of amides is 2. The van der Waals surface area contributed by atoms with Gasteiger partial charge in [-0.25, -0.2) is 0 Å². The van der Waals surface area contributed by atoms with Gasteiger partial charge in [-0.3, -0.25) is 14.6 Å². The van der Waals surface area contributed by atoms with E-state index in [9.17, 15) is 27.9 Å². The van der Waals surface area contributed by atoms with Crippen LogP contribution >= 0.6 is 11.6 Å². The predicted octanol–water partition coefficient (Wildman–Crippen LogP) is 3.12. The number of alkyl halides is 3. The number of nitrogens with one attached hydrogen (secondary N) is 1. The summed E-state index contributed by atoms with van der Waals surface area (Å²) in [6.45, 7) is 4.56. The Kier molecular flexibility index (Phi) is 10.5. The Bertz CT molecular complexity index is 1140. The number of piperazine rings is 1. The van der Waals surface area contributed by atoms with Crippen LogP contribution in [0.5, 0.6) is 0 Å². The molecule has 0 unspecified atom stereocenters. The summed E-state index contributed by atoms with van der Waals surface area (Å²) in [4.78, 5) is 34.9. The monoisotopic (exact) mass is 558 g/mol. The minimum atomic E-state index is -4.52. The van der Waals surface area contributed by atoms with Crippen molar-refractivity contribution in [3.63, 3.8) is 0 Å². The Morgan fingerprint density at radius 2 is 1.79 bits per heavy atom. The summed E-state index contributed by atoms with van der Waals surface area (Å²) in [6, 6.07) is 3.04. The Morgan fingerprint density at radius 1 is 1.21 bits per heavy atom. The highest BCUT2D eigenvalue weighted by Gasteiger charge is 2.32. The number of benzene rings is 1. The van der Waals surface area contributed by atoms with Gasteiger partial charge in [0.05, 0.1) is 11.3 Å². The average Bonchev–Trinajstić information content (AvgIpc) is 2.90. The first-order valence-electron chi connectivity index (χ1n) is 11.9. The van der Waals surface area contributed by atoms with Gasteiger partial charge in [-0.15, -0.1) is 0 Å². The van der Waals surface area contributed by atoms with E-state index >= 15 is 0 Å². The molecule has 38 heavy (non-hydrogen) atoms. The number of nitrogens with two attached hydrogens (primary N) is 1. The summed E-state index contributed by atoms with van der Waals surface area (Å²) in [5.41, 5.74) is 6.37. The molecule has 4 N–H and O–H groups in total. The number of likely N-dealkylation sites (N-methyl/N-ethyl adjacent to an activating group) is 1. The molecular formula is C25H34ClF3N6O3. The van der Waals surface area contributed by atoms with Crippen molar-refractivity contribution >= 4 is 29.1 Å². The van der Waals surface area contributed by atoms with Crippen molar-refractivity contribution in [3.05, 3.63) is 57.2 Å². The molecule has 1 aliphatic rings. The molecule has 210 valence electrons. The zero-order chi connectivity index (χ0) is 28.8. The fourth-order valence-electron chi connectivity index (χ4n) is 3.98. The van der Waals surface area contributed by atoms with Gasteiger partial charge in [-0.05, 0) is 31.0 Å². The minimum Gasteiger partial charge on any atom is -0.504 e. The predicted molar refractivity (Wildman–Crippen MR) is 140 cm³/mol. The number of rotatable bonds is 8. The molecule has 1 aromatic rings. The highest BCUT2D eigenvalue weighted by atomic mass is 35.5. The number of allylic oxidation sites excluding steroid dienone is 2. The Balaban J connectivity index is 2.23. The maximum atomic E-state index is 13.6. The summed E-state index contributed by atoms with van der Waals surface area (Å²) >= 11 is 6.10. The number of hydrogen-bond donors (Lipinski definition) is 3. The largest absolute Gasteiger partial charge is 0.504 e. The fourth-order valence-corrected chi connectivity index (χ4v) is 4.22. The lowest BCUT2D eigenvalue weighted by Gasteiger charge is -2.38. The molecule has 1 aromatic carbocycles. The van der Waals surface area contributed by atoms with Crippen LogP contribution in [0.3, 0.4) is 0 Å². The third-order valence-corrected chi connectivity index (χ3v) is 6.68. The Labute approximate surface area is 225 Å². The maximum absolute atomic E-state index is 13.6. The number of aliphatic hydroxyl groups excluding tert-OH is 1. The minimum absolute atomic E-state index is 0.00258. The third-order valence-electron chi connectivity index (χ3n) is 6.33. The second-order valence-electron chi connectivity index (χ2n) is 8.75. The molecule has 2 rings (SSSR count). The lowest BCUT2D eigenvalue weighted by molar-refractivity contribution is -0.137. The van der Waals surface area contributed by atoms with Gasteiger partial charge < -0.3 is 30.9 Å². The average molecular weight is 559 g/mol. The Morgan fingerprint density at radius 3 is 2.26 bits per heavy atom. The first-order chi connectivity index (χ1) is 17.8. The van der Waals surface area contributed by atoms with Crippen LogP contribution in [0.2, 0.25) is 5.02 Å². The second-order valence-corrected chi connectivity index (χ2v) is 9.15. The zero-order valence-electron chi connectivity index (χ0n) is 22.1. The molecule has 1 fully saturated rings. The van der Waals surface area contributed by atoms with Crippen LogP contribution < -0.4 is 11.1 Å². The summed E-state index contributed by atoms with van der Waals surface area (Å²) in [7, 11) is 4.72. The molecule has 0 aliphatic carbocycles. The van der Waals surface area contributed by atoms with Crippen LogP contribution in [0.1, 0.15) is 31.4 Å². The summed E-state index contributed by atoms with van der Waals surface area (Å²) in [5.74, 6) is -1.25. The number of aliphatic imine (C=N–C) groups is 1. The third kappa shape index (κ3) is 7.12. The highest BCUT2D eigenvalue weighted by Crippen LogP contribution is 2.32. The van der Waals surface area contributed by atoms with E-state index in [1.165, 1.54) is 29.8 Å². The van der Waals surface area contributed by atoms with E-state index in [1.807, 2.05) is 11.8 Å². The quantitative estimate of drug-likeness (QED) is 0.257. The van der Waals surface area contributed by atoms with Gasteiger partial charge in [-0.1, -0.05) is 24.6 Å². The lowest BCUT2D eigenvalue weighted by Crippen LogP contribution is -2.52. The van der Waals surface area contributed by atoms with Crippen LogP contribution in [0.4, 0.5) is 13.2 Å². The highest BCUT2D eigenvalue weighted by molar-refractivity contribution is 6.31. The van der Waals surface area contributed by atoms with Crippen LogP contribution in [0, 0.1) is 0 Å². The number of carbonyl (C=O) groups is 2. The van der Waals surface area contributed by atoms with Gasteiger partial charge in [0.2, 0.25) is 0 Å². The SMILES string of the molecule is CC/C(NC)=C(/C(=O)N(C)Cc1ccc(C(F)(F)F)cc1Cl)N1CCN(C(=O)/C(N)=C(\O)C(C)=NC)CC1. The number of carbonyl (C=O) groups excluding carboxylic acids is 2. The van der Waals surface area contributed by atoms with Crippen molar-refractivity contribution in [1.82, 2.24) is 20.0 Å². The first kappa shape index (κ1) is 30.8. The summed E-state index contributed by atoms with van der Waals surface area (Å²) < 4.78 is 39.0. The van der Waals surface area contributed by atoms with Crippen molar-refractivity contribution < 1.29 is 27.9 Å². The van der Waals surface area contributed by atoms with Crippen molar-refractivity contribution in [1.29, 1.82) is 0 Å². The number of halogens is 4. The molecule has 9 nitrogen and oxygen atoms in total. The van der Waals surface area contributed by atoms with Gasteiger partial charge in [0.15, 0.2) is 5.76 Å². The fraction of sp³-hybridized carbons (Fsp3) is 0.480. The Hall–Kier alpha value is -3.41. The van der Waals surface area contributed by atoms with E-state index in [0.717, 1.165) is 12.1 Å². The standard InChI is InChI=1S/C25H34ClF3N6O3/c1-6-19(32-4)21(24(38)33(5)14-16-7-8-17(13-18(16)26)25(27,28)29)34-9-11-35(12-10-34)23(37)20(30)22(36)15(2)31-3/h7-8,13,32,36H,6,9-12,14,30H2,1-5H3/b21-19+,22-20+,31-15?. The zero-order valence-corrected chi connectivity index (χ0v) is 22.9. The molecule has 1 aliphatic heterocycles.